The molecule has 0 aliphatic rings. The highest BCUT2D eigenvalue weighted by molar-refractivity contribution is 6.17. The molecule has 0 saturated heterocycles. The van der Waals surface area contributed by atoms with Gasteiger partial charge in [-0.2, -0.15) is 4.39 Å². The molecule has 19 heavy (non-hydrogen) atoms. The Labute approximate surface area is 110 Å². The van der Waals surface area contributed by atoms with Gasteiger partial charge in [0.05, 0.1) is 16.6 Å². The van der Waals surface area contributed by atoms with Crippen molar-refractivity contribution in [2.45, 2.75) is 6.42 Å². The monoisotopic (exact) mass is 289 g/mol. The molecule has 9 heteroatoms. The topological polar surface area (TPSA) is 82.1 Å². The van der Waals surface area contributed by atoms with Gasteiger partial charge in [-0.05, 0) is 6.07 Å². The Kier molecular flexibility index (Phi) is 3.70. The Morgan fingerprint density at radius 1 is 1.37 bits per heavy atom. The number of hydrogen-bond acceptors (Lipinski definition) is 5. The van der Waals surface area contributed by atoms with E-state index in [0.29, 0.717) is 6.07 Å². The van der Waals surface area contributed by atoms with Crippen LogP contribution in [0.4, 0.5) is 14.5 Å². The van der Waals surface area contributed by atoms with Gasteiger partial charge >= 0.3 is 5.69 Å². The molecule has 0 unspecified atom stereocenters. The molecule has 2 aromatic rings. The van der Waals surface area contributed by atoms with Gasteiger partial charge in [0.2, 0.25) is 11.7 Å². The molecule has 0 N–H and O–H groups in total. The molecule has 0 atom stereocenters. The zero-order valence-corrected chi connectivity index (χ0v) is 10.0. The molecule has 0 fully saturated rings. The molecule has 0 saturated carbocycles. The molecular weight excluding hydrogens is 284 g/mol. The lowest BCUT2D eigenvalue weighted by Gasteiger charge is -1.99. The number of nitro benzene ring substituents is 1. The minimum absolute atomic E-state index is 0.135. The predicted octanol–water partition coefficient (Wildman–Crippen LogP) is 2.70. The molecule has 2 rings (SSSR count). The van der Waals surface area contributed by atoms with E-state index in [0.717, 1.165) is 6.07 Å². The maximum absolute atomic E-state index is 13.8. The number of rotatable bonds is 4. The highest BCUT2D eigenvalue weighted by Gasteiger charge is 2.24. The second kappa shape index (κ2) is 5.27. The summed E-state index contributed by atoms with van der Waals surface area (Å²) < 4.78 is 32.1. The minimum Gasteiger partial charge on any atom is -0.421 e. The van der Waals surface area contributed by atoms with E-state index in [1.165, 1.54) is 0 Å². The Hall–Kier alpha value is -2.09. The molecule has 0 aliphatic carbocycles. The summed E-state index contributed by atoms with van der Waals surface area (Å²) in [4.78, 5) is 9.55. The zero-order chi connectivity index (χ0) is 14.0. The van der Waals surface area contributed by atoms with Gasteiger partial charge in [0, 0.05) is 12.3 Å². The van der Waals surface area contributed by atoms with Crippen molar-refractivity contribution in [3.8, 4) is 11.5 Å². The highest BCUT2D eigenvalue weighted by Crippen LogP contribution is 2.29. The number of hydrogen-bond donors (Lipinski definition) is 0. The van der Waals surface area contributed by atoms with Crippen molar-refractivity contribution in [3.05, 3.63) is 39.8 Å². The van der Waals surface area contributed by atoms with Crippen LogP contribution in [0.5, 0.6) is 0 Å². The third-order valence-corrected chi connectivity index (χ3v) is 2.41. The molecule has 1 aromatic heterocycles. The summed E-state index contributed by atoms with van der Waals surface area (Å²) in [6.07, 6.45) is 0.258. The van der Waals surface area contributed by atoms with Crippen LogP contribution in [0.2, 0.25) is 0 Å². The number of nitrogens with zero attached hydrogens (tertiary/aromatic N) is 3. The van der Waals surface area contributed by atoms with E-state index in [1.807, 2.05) is 0 Å². The summed E-state index contributed by atoms with van der Waals surface area (Å²) in [5.74, 6) is -2.18. The SMILES string of the molecule is O=[N+]([O-])c1cc(F)cc(-c2nnc(CCCl)o2)c1F. The fourth-order valence-corrected chi connectivity index (χ4v) is 1.57. The molecule has 0 aliphatic heterocycles. The predicted molar refractivity (Wildman–Crippen MR) is 60.7 cm³/mol. The molecule has 1 aromatic carbocycles. The van der Waals surface area contributed by atoms with Crippen molar-refractivity contribution >= 4 is 17.3 Å². The van der Waals surface area contributed by atoms with E-state index in [1.54, 1.807) is 0 Å². The number of nitro groups is 1. The Morgan fingerprint density at radius 2 is 2.11 bits per heavy atom. The van der Waals surface area contributed by atoms with E-state index >= 15 is 0 Å². The van der Waals surface area contributed by atoms with Crippen LogP contribution in [0.15, 0.2) is 16.5 Å². The van der Waals surface area contributed by atoms with Gasteiger partial charge in [0.1, 0.15) is 5.82 Å². The zero-order valence-electron chi connectivity index (χ0n) is 9.27. The molecule has 0 radical (unpaired) electrons. The van der Waals surface area contributed by atoms with E-state index in [4.69, 9.17) is 16.0 Å². The first-order valence-corrected chi connectivity index (χ1v) is 5.58. The second-order valence-electron chi connectivity index (χ2n) is 3.48. The number of aromatic nitrogens is 2. The van der Waals surface area contributed by atoms with E-state index in [2.05, 4.69) is 10.2 Å². The number of aryl methyl sites for hydroxylation is 1. The lowest BCUT2D eigenvalue weighted by molar-refractivity contribution is -0.387. The smallest absolute Gasteiger partial charge is 0.308 e. The van der Waals surface area contributed by atoms with E-state index in [-0.39, 0.29) is 24.1 Å². The van der Waals surface area contributed by atoms with E-state index in [9.17, 15) is 18.9 Å². The molecular formula is C10H6ClF2N3O3. The van der Waals surface area contributed by atoms with Crippen molar-refractivity contribution in [3.63, 3.8) is 0 Å². The average Bonchev–Trinajstić information content (AvgIpc) is 2.80. The van der Waals surface area contributed by atoms with Crippen molar-refractivity contribution in [1.82, 2.24) is 10.2 Å². The van der Waals surface area contributed by atoms with Crippen LogP contribution in [-0.4, -0.2) is 21.0 Å². The third kappa shape index (κ3) is 2.68. The van der Waals surface area contributed by atoms with Crippen molar-refractivity contribution in [1.29, 1.82) is 0 Å². The van der Waals surface area contributed by atoms with Crippen molar-refractivity contribution < 1.29 is 18.1 Å². The van der Waals surface area contributed by atoms with Gasteiger partial charge in [-0.3, -0.25) is 10.1 Å². The first kappa shape index (κ1) is 13.3. The quantitative estimate of drug-likeness (QED) is 0.491. The Morgan fingerprint density at radius 3 is 2.74 bits per heavy atom. The molecule has 0 bridgehead atoms. The molecule has 0 amide bonds. The number of alkyl halides is 1. The van der Waals surface area contributed by atoms with Crippen LogP contribution in [0.1, 0.15) is 5.89 Å². The molecule has 0 spiro atoms. The van der Waals surface area contributed by atoms with Crippen molar-refractivity contribution in [2.24, 2.45) is 0 Å². The van der Waals surface area contributed by atoms with Crippen LogP contribution in [-0.2, 0) is 6.42 Å². The van der Waals surface area contributed by atoms with Crippen LogP contribution in [0, 0.1) is 21.7 Å². The lowest BCUT2D eigenvalue weighted by Crippen LogP contribution is -1.97. The van der Waals surface area contributed by atoms with Crippen LogP contribution in [0.3, 0.4) is 0 Å². The minimum atomic E-state index is -1.23. The standard InChI is InChI=1S/C10H6ClF2N3O3/c11-2-1-8-14-15-10(19-8)6-3-5(12)4-7(9(6)13)16(17)18/h3-4H,1-2H2. The largest absolute Gasteiger partial charge is 0.421 e. The Bertz CT molecular complexity index is 632. The van der Waals surface area contributed by atoms with Gasteiger partial charge in [0.25, 0.3) is 5.89 Å². The van der Waals surface area contributed by atoms with Gasteiger partial charge in [0.15, 0.2) is 0 Å². The van der Waals surface area contributed by atoms with E-state index < -0.39 is 27.8 Å². The van der Waals surface area contributed by atoms with Gasteiger partial charge in [-0.1, -0.05) is 0 Å². The summed E-state index contributed by atoms with van der Waals surface area (Å²) in [6.45, 7) is 0. The fourth-order valence-electron chi connectivity index (χ4n) is 1.41. The second-order valence-corrected chi connectivity index (χ2v) is 3.86. The molecule has 1 heterocycles. The maximum Gasteiger partial charge on any atom is 0.308 e. The lowest BCUT2D eigenvalue weighted by atomic mass is 10.2. The first-order valence-electron chi connectivity index (χ1n) is 5.05. The van der Waals surface area contributed by atoms with Crippen LogP contribution >= 0.6 is 11.6 Å². The number of halogens is 3. The molecule has 100 valence electrons. The van der Waals surface area contributed by atoms with Crippen molar-refractivity contribution in [2.75, 3.05) is 5.88 Å². The Balaban J connectivity index is 2.51. The first-order chi connectivity index (χ1) is 9.02. The highest BCUT2D eigenvalue weighted by atomic mass is 35.5. The van der Waals surface area contributed by atoms with Crippen LogP contribution < -0.4 is 0 Å². The summed E-state index contributed by atoms with van der Waals surface area (Å²) >= 11 is 5.46. The fraction of sp³-hybridized carbons (Fsp3) is 0.200. The summed E-state index contributed by atoms with van der Waals surface area (Å²) in [6, 6.07) is 1.23. The third-order valence-electron chi connectivity index (χ3n) is 2.22. The summed E-state index contributed by atoms with van der Waals surface area (Å²) in [7, 11) is 0. The summed E-state index contributed by atoms with van der Waals surface area (Å²) in [5.41, 5.74) is -1.45. The van der Waals surface area contributed by atoms with Gasteiger partial charge in [-0.25, -0.2) is 4.39 Å². The average molecular weight is 290 g/mol. The summed E-state index contributed by atoms with van der Waals surface area (Å²) in [5, 5.41) is 17.7. The van der Waals surface area contributed by atoms with Gasteiger partial charge in [-0.15, -0.1) is 21.8 Å². The molecule has 6 nitrogen and oxygen atoms in total. The number of benzene rings is 1. The van der Waals surface area contributed by atoms with Gasteiger partial charge < -0.3 is 4.42 Å². The van der Waals surface area contributed by atoms with Crippen LogP contribution in [0.25, 0.3) is 11.5 Å². The normalized spacial score (nSPS) is 10.7. The maximum atomic E-state index is 13.8.